The van der Waals surface area contributed by atoms with E-state index in [2.05, 4.69) is 0 Å². The van der Waals surface area contributed by atoms with E-state index in [0.717, 1.165) is 12.0 Å². The number of cyclic esters (lactones) is 1. The third kappa shape index (κ3) is 1.50. The molecule has 1 aliphatic rings. The molecule has 16 heavy (non-hydrogen) atoms. The maximum absolute atomic E-state index is 11.6. The number of fused-ring (bicyclic) bond motifs is 1. The summed E-state index contributed by atoms with van der Waals surface area (Å²) >= 11 is 0. The molecule has 0 bridgehead atoms. The Morgan fingerprint density at radius 2 is 2.06 bits per heavy atom. The smallest absolute Gasteiger partial charge is 0.339 e. The average molecular weight is 222 g/mol. The van der Waals surface area contributed by atoms with E-state index >= 15 is 0 Å². The zero-order chi connectivity index (χ0) is 11.7. The lowest BCUT2D eigenvalue weighted by Gasteiger charge is -2.12. The molecule has 4 heteroatoms. The summed E-state index contributed by atoms with van der Waals surface area (Å²) < 4.78 is 15.6. The van der Waals surface area contributed by atoms with Crippen molar-refractivity contribution in [3.63, 3.8) is 0 Å². The Labute approximate surface area is 94.1 Å². The van der Waals surface area contributed by atoms with Crippen molar-refractivity contribution < 1.29 is 19.0 Å². The fourth-order valence-corrected chi connectivity index (χ4v) is 1.93. The zero-order valence-corrected chi connectivity index (χ0v) is 9.57. The van der Waals surface area contributed by atoms with Crippen LogP contribution in [0, 0.1) is 0 Å². The maximum Gasteiger partial charge on any atom is 0.339 e. The lowest BCUT2D eigenvalue weighted by Crippen LogP contribution is -1.98. The molecule has 0 fully saturated rings. The van der Waals surface area contributed by atoms with Crippen molar-refractivity contribution >= 4 is 5.97 Å². The molecule has 2 rings (SSSR count). The number of carbonyl (C=O) groups excluding carboxylic acids is 1. The molecule has 0 unspecified atom stereocenters. The largest absolute Gasteiger partial charge is 0.497 e. The van der Waals surface area contributed by atoms with Crippen LogP contribution in [-0.4, -0.2) is 20.2 Å². The molecule has 0 spiro atoms. The number of carbonyl (C=O) groups is 1. The molecule has 0 aromatic heterocycles. The minimum atomic E-state index is -0.306. The van der Waals surface area contributed by atoms with Gasteiger partial charge >= 0.3 is 5.97 Å². The SMILES string of the molecule is CC[C@H]1OC(=O)c2cc(OC)cc(OC)c21. The Morgan fingerprint density at radius 3 is 2.62 bits per heavy atom. The van der Waals surface area contributed by atoms with Gasteiger partial charge in [0.15, 0.2) is 0 Å². The fraction of sp³-hybridized carbons (Fsp3) is 0.417. The van der Waals surface area contributed by atoms with Crippen molar-refractivity contribution in [3.05, 3.63) is 23.3 Å². The van der Waals surface area contributed by atoms with Crippen LogP contribution in [-0.2, 0) is 4.74 Å². The molecular formula is C12H14O4. The van der Waals surface area contributed by atoms with Gasteiger partial charge in [-0.15, -0.1) is 0 Å². The first-order chi connectivity index (χ1) is 7.71. The minimum absolute atomic E-state index is 0.205. The maximum atomic E-state index is 11.6. The molecule has 1 atom stereocenters. The molecule has 0 amide bonds. The van der Waals surface area contributed by atoms with Crippen molar-refractivity contribution in [1.29, 1.82) is 0 Å². The number of hydrogen-bond acceptors (Lipinski definition) is 4. The van der Waals surface area contributed by atoms with E-state index in [0.29, 0.717) is 17.1 Å². The fourth-order valence-electron chi connectivity index (χ4n) is 1.93. The highest BCUT2D eigenvalue weighted by atomic mass is 16.6. The Hall–Kier alpha value is -1.71. The van der Waals surface area contributed by atoms with Gasteiger partial charge in [0.25, 0.3) is 0 Å². The van der Waals surface area contributed by atoms with E-state index in [4.69, 9.17) is 14.2 Å². The van der Waals surface area contributed by atoms with Crippen molar-refractivity contribution in [1.82, 2.24) is 0 Å². The van der Waals surface area contributed by atoms with Gasteiger partial charge in [0.1, 0.15) is 17.6 Å². The van der Waals surface area contributed by atoms with Crippen molar-refractivity contribution in [2.24, 2.45) is 0 Å². The van der Waals surface area contributed by atoms with Gasteiger partial charge < -0.3 is 14.2 Å². The van der Waals surface area contributed by atoms with Crippen LogP contribution in [0.2, 0.25) is 0 Å². The molecule has 1 heterocycles. The Kier molecular flexibility index (Phi) is 2.73. The highest BCUT2D eigenvalue weighted by Gasteiger charge is 2.33. The van der Waals surface area contributed by atoms with Gasteiger partial charge in [-0.1, -0.05) is 6.92 Å². The van der Waals surface area contributed by atoms with Crippen LogP contribution in [0.4, 0.5) is 0 Å². The molecular weight excluding hydrogens is 208 g/mol. The summed E-state index contributed by atoms with van der Waals surface area (Å²) in [6, 6.07) is 3.46. The number of esters is 1. The van der Waals surface area contributed by atoms with Crippen LogP contribution in [0.5, 0.6) is 11.5 Å². The number of benzene rings is 1. The molecule has 0 N–H and O–H groups in total. The molecule has 1 aromatic rings. The topological polar surface area (TPSA) is 44.8 Å². The van der Waals surface area contributed by atoms with Gasteiger partial charge in [-0.25, -0.2) is 4.79 Å². The number of hydrogen-bond donors (Lipinski definition) is 0. The standard InChI is InChI=1S/C12H14O4/c1-4-9-11-8(12(13)16-9)5-7(14-2)6-10(11)15-3/h5-6,9H,4H2,1-3H3/t9-/m1/s1. The summed E-state index contributed by atoms with van der Waals surface area (Å²) in [5.41, 5.74) is 1.37. The Balaban J connectivity index is 2.59. The third-order valence-corrected chi connectivity index (χ3v) is 2.73. The number of rotatable bonds is 3. The van der Waals surface area contributed by atoms with Crippen molar-refractivity contribution in [2.75, 3.05) is 14.2 Å². The quantitative estimate of drug-likeness (QED) is 0.736. The summed E-state index contributed by atoms with van der Waals surface area (Å²) in [4.78, 5) is 11.6. The van der Waals surface area contributed by atoms with E-state index in [9.17, 15) is 4.79 Å². The Morgan fingerprint density at radius 1 is 1.31 bits per heavy atom. The third-order valence-electron chi connectivity index (χ3n) is 2.73. The molecule has 86 valence electrons. The van der Waals surface area contributed by atoms with E-state index in [1.165, 1.54) is 0 Å². The summed E-state index contributed by atoms with van der Waals surface area (Å²) in [5, 5.41) is 0. The van der Waals surface area contributed by atoms with Gasteiger partial charge in [-0.2, -0.15) is 0 Å². The van der Waals surface area contributed by atoms with Crippen LogP contribution in [0.15, 0.2) is 12.1 Å². The number of ether oxygens (including phenoxy) is 3. The predicted octanol–water partition coefficient (Wildman–Crippen LogP) is 2.33. The van der Waals surface area contributed by atoms with Gasteiger partial charge in [0.2, 0.25) is 0 Å². The molecule has 1 aliphatic heterocycles. The van der Waals surface area contributed by atoms with E-state index in [1.807, 2.05) is 6.92 Å². The first-order valence-corrected chi connectivity index (χ1v) is 5.18. The second kappa shape index (κ2) is 4.04. The van der Waals surface area contributed by atoms with Crippen LogP contribution in [0.3, 0.4) is 0 Å². The average Bonchev–Trinajstić information content (AvgIpc) is 2.65. The van der Waals surface area contributed by atoms with Gasteiger partial charge in [0.05, 0.1) is 19.8 Å². The molecule has 0 radical (unpaired) electrons. The molecule has 1 aromatic carbocycles. The van der Waals surface area contributed by atoms with Crippen molar-refractivity contribution in [2.45, 2.75) is 19.4 Å². The second-order valence-corrected chi connectivity index (χ2v) is 3.59. The lowest BCUT2D eigenvalue weighted by atomic mass is 10.0. The summed E-state index contributed by atoms with van der Waals surface area (Å²) in [6.45, 7) is 1.97. The summed E-state index contributed by atoms with van der Waals surface area (Å²) in [7, 11) is 3.13. The van der Waals surface area contributed by atoms with Gasteiger partial charge in [0, 0.05) is 11.6 Å². The van der Waals surface area contributed by atoms with Crippen LogP contribution in [0.1, 0.15) is 35.4 Å². The summed E-state index contributed by atoms with van der Waals surface area (Å²) in [6.07, 6.45) is 0.532. The van der Waals surface area contributed by atoms with E-state index < -0.39 is 0 Å². The lowest BCUT2D eigenvalue weighted by molar-refractivity contribution is 0.0376. The minimum Gasteiger partial charge on any atom is -0.497 e. The normalized spacial score (nSPS) is 17.9. The van der Waals surface area contributed by atoms with E-state index in [-0.39, 0.29) is 12.1 Å². The van der Waals surface area contributed by atoms with Crippen molar-refractivity contribution in [3.8, 4) is 11.5 Å². The van der Waals surface area contributed by atoms with Gasteiger partial charge in [-0.05, 0) is 12.5 Å². The highest BCUT2D eigenvalue weighted by Crippen LogP contribution is 2.41. The molecule has 0 saturated carbocycles. The summed E-state index contributed by atoms with van der Waals surface area (Å²) in [5.74, 6) is 0.940. The second-order valence-electron chi connectivity index (χ2n) is 3.59. The predicted molar refractivity (Wildman–Crippen MR) is 58.0 cm³/mol. The first-order valence-electron chi connectivity index (χ1n) is 5.18. The van der Waals surface area contributed by atoms with Gasteiger partial charge in [-0.3, -0.25) is 0 Å². The monoisotopic (exact) mass is 222 g/mol. The zero-order valence-electron chi connectivity index (χ0n) is 9.57. The van der Waals surface area contributed by atoms with Crippen LogP contribution >= 0.6 is 0 Å². The Bertz CT molecular complexity index is 425. The first kappa shape index (κ1) is 10.8. The molecule has 0 aliphatic carbocycles. The molecule has 4 nitrogen and oxygen atoms in total. The number of methoxy groups -OCH3 is 2. The van der Waals surface area contributed by atoms with Crippen LogP contribution < -0.4 is 9.47 Å². The molecule has 0 saturated heterocycles. The van der Waals surface area contributed by atoms with Crippen LogP contribution in [0.25, 0.3) is 0 Å². The highest BCUT2D eigenvalue weighted by molar-refractivity contribution is 5.95. The van der Waals surface area contributed by atoms with E-state index in [1.54, 1.807) is 26.4 Å².